The van der Waals surface area contributed by atoms with Gasteiger partial charge in [-0.1, -0.05) is 46.1 Å². The highest BCUT2D eigenvalue weighted by Crippen LogP contribution is 2.24. The van der Waals surface area contributed by atoms with Crippen molar-refractivity contribution in [1.82, 2.24) is 4.72 Å². The van der Waals surface area contributed by atoms with Crippen molar-refractivity contribution in [3.05, 3.63) is 29.6 Å². The molecular weight excluding hydrogens is 329 g/mol. The lowest BCUT2D eigenvalue weighted by Gasteiger charge is -2.17. The number of ether oxygens (including phenoxy) is 1. The second-order valence-electron chi connectivity index (χ2n) is 6.61. The standard InChI is InChI=1S/C18H30FNO3S/c1-5-6-7-8-11-24(21,22)20-15(4)16-9-10-17(19)18(12-16)23-13-14(2)3/h9-10,12,14-15,20H,5-8,11,13H2,1-4H3/t15-/m1/s1. The van der Waals surface area contributed by atoms with Crippen molar-refractivity contribution in [3.8, 4) is 5.75 Å². The number of nitrogens with one attached hydrogen (secondary N) is 1. The molecular formula is C18H30FNO3S. The summed E-state index contributed by atoms with van der Waals surface area (Å²) in [5.74, 6) is 0.131. The molecule has 0 unspecified atom stereocenters. The summed E-state index contributed by atoms with van der Waals surface area (Å²) in [4.78, 5) is 0. The van der Waals surface area contributed by atoms with E-state index >= 15 is 0 Å². The van der Waals surface area contributed by atoms with Gasteiger partial charge >= 0.3 is 0 Å². The molecule has 0 bridgehead atoms. The molecule has 1 N–H and O–H groups in total. The molecule has 1 aromatic carbocycles. The minimum atomic E-state index is -3.34. The lowest BCUT2D eigenvalue weighted by molar-refractivity contribution is 0.259. The molecule has 1 atom stereocenters. The molecule has 138 valence electrons. The molecule has 0 spiro atoms. The van der Waals surface area contributed by atoms with E-state index < -0.39 is 21.9 Å². The number of rotatable bonds is 11. The Balaban J connectivity index is 2.69. The second-order valence-corrected chi connectivity index (χ2v) is 8.49. The zero-order valence-electron chi connectivity index (χ0n) is 15.1. The van der Waals surface area contributed by atoms with E-state index in [1.165, 1.54) is 6.07 Å². The van der Waals surface area contributed by atoms with Gasteiger partial charge in [0.15, 0.2) is 11.6 Å². The molecule has 0 aromatic heterocycles. The fourth-order valence-corrected chi connectivity index (χ4v) is 3.65. The molecule has 6 heteroatoms. The maximum absolute atomic E-state index is 13.8. The number of hydrogen-bond donors (Lipinski definition) is 1. The van der Waals surface area contributed by atoms with Crippen molar-refractivity contribution in [2.24, 2.45) is 5.92 Å². The van der Waals surface area contributed by atoms with Crippen LogP contribution in [0.3, 0.4) is 0 Å². The highest BCUT2D eigenvalue weighted by atomic mass is 32.2. The van der Waals surface area contributed by atoms with Gasteiger partial charge in [0.1, 0.15) is 0 Å². The average Bonchev–Trinajstić information content (AvgIpc) is 2.50. The molecule has 0 saturated carbocycles. The van der Waals surface area contributed by atoms with Gasteiger partial charge in [-0.15, -0.1) is 0 Å². The minimum absolute atomic E-state index is 0.120. The lowest BCUT2D eigenvalue weighted by atomic mass is 10.1. The molecule has 1 rings (SSSR count). The predicted molar refractivity (Wildman–Crippen MR) is 96.2 cm³/mol. The molecule has 0 radical (unpaired) electrons. The topological polar surface area (TPSA) is 55.4 Å². The van der Waals surface area contributed by atoms with E-state index in [1.54, 1.807) is 19.1 Å². The molecule has 0 heterocycles. The van der Waals surface area contributed by atoms with E-state index in [2.05, 4.69) is 11.6 Å². The van der Waals surface area contributed by atoms with Gasteiger partial charge in [0, 0.05) is 6.04 Å². The summed E-state index contributed by atoms with van der Waals surface area (Å²) in [6.45, 7) is 8.22. The van der Waals surface area contributed by atoms with E-state index in [4.69, 9.17) is 4.74 Å². The Morgan fingerprint density at radius 2 is 1.88 bits per heavy atom. The van der Waals surface area contributed by atoms with E-state index in [0.717, 1.165) is 19.3 Å². The van der Waals surface area contributed by atoms with E-state index in [9.17, 15) is 12.8 Å². The first kappa shape index (κ1) is 20.9. The SMILES string of the molecule is CCCCCCS(=O)(=O)N[C@H](C)c1ccc(F)c(OCC(C)C)c1. The molecule has 0 aliphatic heterocycles. The normalized spacial score (nSPS) is 13.2. The first-order valence-corrected chi connectivity index (χ1v) is 10.3. The van der Waals surface area contributed by atoms with Crippen LogP contribution in [0.5, 0.6) is 5.75 Å². The largest absolute Gasteiger partial charge is 0.490 e. The Bertz CT molecular complexity index is 602. The van der Waals surface area contributed by atoms with Gasteiger partial charge in [0.05, 0.1) is 12.4 Å². The lowest BCUT2D eigenvalue weighted by Crippen LogP contribution is -2.29. The van der Waals surface area contributed by atoms with Crippen LogP contribution in [0.15, 0.2) is 18.2 Å². The summed E-state index contributed by atoms with van der Waals surface area (Å²) < 4.78 is 46.2. The van der Waals surface area contributed by atoms with Crippen molar-refractivity contribution in [2.45, 2.75) is 59.4 Å². The average molecular weight is 360 g/mol. The van der Waals surface area contributed by atoms with Gasteiger partial charge in [-0.2, -0.15) is 0 Å². The first-order valence-electron chi connectivity index (χ1n) is 8.67. The first-order chi connectivity index (χ1) is 11.2. The number of sulfonamides is 1. The smallest absolute Gasteiger partial charge is 0.212 e. The van der Waals surface area contributed by atoms with Crippen molar-refractivity contribution in [3.63, 3.8) is 0 Å². The van der Waals surface area contributed by atoms with Crippen LogP contribution in [0, 0.1) is 11.7 Å². The van der Waals surface area contributed by atoms with E-state index in [1.807, 2.05) is 13.8 Å². The molecule has 24 heavy (non-hydrogen) atoms. The Morgan fingerprint density at radius 3 is 2.50 bits per heavy atom. The summed E-state index contributed by atoms with van der Waals surface area (Å²) in [5, 5.41) is 0. The van der Waals surface area contributed by atoms with E-state index in [-0.39, 0.29) is 17.4 Å². The van der Waals surface area contributed by atoms with Gasteiger partial charge in [-0.25, -0.2) is 17.5 Å². The molecule has 0 aliphatic rings. The van der Waals surface area contributed by atoms with Crippen LogP contribution in [0.2, 0.25) is 0 Å². The van der Waals surface area contributed by atoms with Crippen LogP contribution in [-0.4, -0.2) is 20.8 Å². The molecule has 0 aliphatic carbocycles. The Morgan fingerprint density at radius 1 is 1.17 bits per heavy atom. The highest BCUT2D eigenvalue weighted by Gasteiger charge is 2.17. The third-order valence-corrected chi connectivity index (χ3v) is 5.19. The number of halogens is 1. The van der Waals surface area contributed by atoms with Crippen LogP contribution >= 0.6 is 0 Å². The van der Waals surface area contributed by atoms with Crippen molar-refractivity contribution >= 4 is 10.0 Å². The summed E-state index contributed by atoms with van der Waals surface area (Å²) in [5.41, 5.74) is 0.687. The maximum atomic E-state index is 13.8. The van der Waals surface area contributed by atoms with Gasteiger partial charge in [-0.3, -0.25) is 0 Å². The van der Waals surface area contributed by atoms with Crippen molar-refractivity contribution in [1.29, 1.82) is 0 Å². The Hall–Kier alpha value is -1.14. The van der Waals surface area contributed by atoms with Gasteiger partial charge in [-0.05, 0) is 37.0 Å². The number of hydrogen-bond acceptors (Lipinski definition) is 3. The van der Waals surface area contributed by atoms with Crippen LogP contribution in [-0.2, 0) is 10.0 Å². The monoisotopic (exact) mass is 359 g/mol. The van der Waals surface area contributed by atoms with Gasteiger partial charge < -0.3 is 4.74 Å². The fraction of sp³-hybridized carbons (Fsp3) is 0.667. The second kappa shape index (κ2) is 9.99. The van der Waals surface area contributed by atoms with Gasteiger partial charge in [0.25, 0.3) is 0 Å². The van der Waals surface area contributed by atoms with Crippen molar-refractivity contribution in [2.75, 3.05) is 12.4 Å². The fourth-order valence-electron chi connectivity index (χ4n) is 2.27. The summed E-state index contributed by atoms with van der Waals surface area (Å²) in [6.07, 6.45) is 3.68. The maximum Gasteiger partial charge on any atom is 0.212 e. The van der Waals surface area contributed by atoms with Gasteiger partial charge in [0.2, 0.25) is 10.0 Å². The highest BCUT2D eigenvalue weighted by molar-refractivity contribution is 7.89. The zero-order chi connectivity index (χ0) is 18.2. The molecule has 4 nitrogen and oxygen atoms in total. The van der Waals surface area contributed by atoms with Crippen LogP contribution in [0.25, 0.3) is 0 Å². The number of unbranched alkanes of at least 4 members (excludes halogenated alkanes) is 3. The molecule has 0 amide bonds. The summed E-state index contributed by atoms with van der Waals surface area (Å²) in [7, 11) is -3.34. The predicted octanol–water partition coefficient (Wildman–Crippen LogP) is 4.42. The third-order valence-electron chi connectivity index (χ3n) is 3.65. The van der Waals surface area contributed by atoms with E-state index in [0.29, 0.717) is 18.6 Å². The van der Waals surface area contributed by atoms with Crippen molar-refractivity contribution < 1.29 is 17.5 Å². The molecule has 0 saturated heterocycles. The van der Waals surface area contributed by atoms with Crippen LogP contribution in [0.4, 0.5) is 4.39 Å². The third kappa shape index (κ3) is 7.62. The Labute approximate surface area is 145 Å². The minimum Gasteiger partial charge on any atom is -0.490 e. The molecule has 0 fully saturated rings. The summed E-state index contributed by atoms with van der Waals surface area (Å²) >= 11 is 0. The Kier molecular flexibility index (Phi) is 8.70. The zero-order valence-corrected chi connectivity index (χ0v) is 16.0. The van der Waals surface area contributed by atoms with Crippen LogP contribution in [0.1, 0.15) is 65.0 Å². The quantitative estimate of drug-likeness (QED) is 0.595. The van der Waals surface area contributed by atoms with Crippen LogP contribution < -0.4 is 9.46 Å². The molecule has 1 aromatic rings. The number of benzene rings is 1. The summed E-state index contributed by atoms with van der Waals surface area (Å²) in [6, 6.07) is 4.05.